The largest absolute Gasteiger partial charge is 0.496 e. The van der Waals surface area contributed by atoms with Crippen molar-refractivity contribution >= 4 is 0 Å². The Morgan fingerprint density at radius 2 is 2.20 bits per heavy atom. The molecule has 0 unspecified atom stereocenters. The van der Waals surface area contributed by atoms with Gasteiger partial charge in [-0.15, -0.1) is 0 Å². The Kier molecular flexibility index (Phi) is 3.04. The van der Waals surface area contributed by atoms with Gasteiger partial charge >= 0.3 is 0 Å². The summed E-state index contributed by atoms with van der Waals surface area (Å²) in [5.74, 6) is 1.21. The first kappa shape index (κ1) is 13.2. The highest BCUT2D eigenvalue weighted by Crippen LogP contribution is 2.50. The molecule has 2 aliphatic carbocycles. The van der Waals surface area contributed by atoms with Crippen LogP contribution in [0.25, 0.3) is 0 Å². The van der Waals surface area contributed by atoms with Crippen LogP contribution in [0.1, 0.15) is 37.3 Å². The number of rotatable bonds is 2. The van der Waals surface area contributed by atoms with Gasteiger partial charge in [-0.3, -0.25) is 10.1 Å². The highest BCUT2D eigenvalue weighted by Gasteiger charge is 2.44. The molecule has 0 saturated carbocycles. The lowest BCUT2D eigenvalue weighted by Gasteiger charge is -2.44. The van der Waals surface area contributed by atoms with Crippen LogP contribution in [0.2, 0.25) is 0 Å². The Morgan fingerprint density at radius 3 is 2.90 bits per heavy atom. The normalized spacial score (nSPS) is 28.1. The van der Waals surface area contributed by atoms with E-state index < -0.39 is 0 Å². The van der Waals surface area contributed by atoms with Crippen LogP contribution in [-0.4, -0.2) is 12.0 Å². The van der Waals surface area contributed by atoms with E-state index in [4.69, 9.17) is 4.74 Å². The lowest BCUT2D eigenvalue weighted by atomic mass is 9.60. The van der Waals surface area contributed by atoms with E-state index in [2.05, 4.69) is 13.0 Å². The molecule has 0 saturated heterocycles. The second-order valence-corrected chi connectivity index (χ2v) is 5.96. The van der Waals surface area contributed by atoms with E-state index >= 15 is 0 Å². The van der Waals surface area contributed by atoms with E-state index in [1.807, 2.05) is 18.2 Å². The molecule has 0 aliphatic heterocycles. The quantitative estimate of drug-likeness (QED) is 0.612. The molecular formula is C16H19NO3. The molecular weight excluding hydrogens is 254 g/mol. The first-order valence-electron chi connectivity index (χ1n) is 7.07. The Balaban J connectivity index is 2.07. The summed E-state index contributed by atoms with van der Waals surface area (Å²) in [6, 6.07) is 6.19. The molecule has 0 radical (unpaired) electrons. The van der Waals surface area contributed by atoms with Crippen molar-refractivity contribution in [3.63, 3.8) is 0 Å². The Bertz CT molecular complexity index is 593. The predicted octanol–water partition coefficient (Wildman–Crippen LogP) is 3.47. The Hall–Kier alpha value is -1.84. The predicted molar refractivity (Wildman–Crippen MR) is 76.5 cm³/mol. The van der Waals surface area contributed by atoms with Gasteiger partial charge in [0.1, 0.15) is 5.75 Å². The van der Waals surface area contributed by atoms with Gasteiger partial charge in [0.25, 0.3) is 0 Å². The average Bonchev–Trinajstić information content (AvgIpc) is 2.45. The molecule has 4 nitrogen and oxygen atoms in total. The van der Waals surface area contributed by atoms with Crippen molar-refractivity contribution in [2.24, 2.45) is 5.92 Å². The molecule has 0 spiro atoms. The van der Waals surface area contributed by atoms with Crippen LogP contribution in [0.3, 0.4) is 0 Å². The molecule has 1 aromatic carbocycles. The number of hydrogen-bond donors (Lipinski definition) is 0. The van der Waals surface area contributed by atoms with Crippen LogP contribution in [0, 0.1) is 16.0 Å². The Morgan fingerprint density at radius 1 is 1.40 bits per heavy atom. The summed E-state index contributed by atoms with van der Waals surface area (Å²) < 4.78 is 5.47. The molecule has 20 heavy (non-hydrogen) atoms. The Labute approximate surface area is 118 Å². The minimum Gasteiger partial charge on any atom is -0.496 e. The lowest BCUT2D eigenvalue weighted by Crippen LogP contribution is -2.39. The molecule has 1 aromatic rings. The van der Waals surface area contributed by atoms with Crippen molar-refractivity contribution in [2.75, 3.05) is 7.11 Å². The van der Waals surface area contributed by atoms with Gasteiger partial charge in [0.05, 0.1) is 12.0 Å². The molecule has 106 valence electrons. The van der Waals surface area contributed by atoms with Crippen LogP contribution < -0.4 is 4.74 Å². The number of fused-ring (bicyclic) bond motifs is 3. The monoisotopic (exact) mass is 273 g/mol. The van der Waals surface area contributed by atoms with E-state index in [-0.39, 0.29) is 16.3 Å². The molecule has 0 fully saturated rings. The first-order chi connectivity index (χ1) is 9.56. The number of allylic oxidation sites excluding steroid dienone is 2. The van der Waals surface area contributed by atoms with Crippen LogP contribution >= 0.6 is 0 Å². The molecule has 0 amide bonds. The zero-order valence-electron chi connectivity index (χ0n) is 11.9. The van der Waals surface area contributed by atoms with Gasteiger partial charge in [-0.1, -0.05) is 19.1 Å². The van der Waals surface area contributed by atoms with Crippen molar-refractivity contribution in [1.29, 1.82) is 0 Å². The topological polar surface area (TPSA) is 52.4 Å². The number of methoxy groups -OCH3 is 1. The smallest absolute Gasteiger partial charge is 0.242 e. The van der Waals surface area contributed by atoms with Gasteiger partial charge in [-0.2, -0.15) is 0 Å². The standard InChI is InChI=1S/C16H19NO3/c1-16-9-8-12(17(18)19)10-11(16)6-7-13-14(16)4-3-5-15(13)20-2/h3-5,10-11H,6-9H2,1-2H3/t11-,16-/m0/s1. The SMILES string of the molecule is COc1cccc2c1CC[C@H]1C=C([N+](=O)[O-])CC[C@]21C. The summed E-state index contributed by atoms with van der Waals surface area (Å²) in [6.07, 6.45) is 5.18. The van der Waals surface area contributed by atoms with Gasteiger partial charge in [0, 0.05) is 6.42 Å². The highest BCUT2D eigenvalue weighted by molar-refractivity contribution is 5.47. The first-order valence-corrected chi connectivity index (χ1v) is 7.07. The van der Waals surface area contributed by atoms with Gasteiger partial charge in [-0.05, 0) is 53.9 Å². The van der Waals surface area contributed by atoms with E-state index in [0.717, 1.165) is 25.0 Å². The molecule has 4 heteroatoms. The van der Waals surface area contributed by atoms with Gasteiger partial charge in [0.15, 0.2) is 0 Å². The van der Waals surface area contributed by atoms with E-state index in [1.165, 1.54) is 11.1 Å². The highest BCUT2D eigenvalue weighted by atomic mass is 16.6. The molecule has 0 N–H and O–H groups in total. The third kappa shape index (κ3) is 1.82. The summed E-state index contributed by atoms with van der Waals surface area (Å²) in [6.45, 7) is 2.24. The lowest BCUT2D eigenvalue weighted by molar-refractivity contribution is -0.430. The summed E-state index contributed by atoms with van der Waals surface area (Å²) in [4.78, 5) is 10.8. The summed E-state index contributed by atoms with van der Waals surface area (Å²) >= 11 is 0. The van der Waals surface area contributed by atoms with Gasteiger partial charge < -0.3 is 4.74 Å². The fourth-order valence-electron chi connectivity index (χ4n) is 3.81. The van der Waals surface area contributed by atoms with Crippen molar-refractivity contribution < 1.29 is 9.66 Å². The minimum atomic E-state index is -0.222. The molecule has 2 atom stereocenters. The number of nitrogens with zero attached hydrogens (tertiary/aromatic N) is 1. The van der Waals surface area contributed by atoms with Crippen LogP contribution in [0.4, 0.5) is 0 Å². The second-order valence-electron chi connectivity index (χ2n) is 5.96. The number of ether oxygens (including phenoxy) is 1. The van der Waals surface area contributed by atoms with Crippen LogP contribution in [0.15, 0.2) is 30.0 Å². The van der Waals surface area contributed by atoms with Crippen molar-refractivity contribution in [1.82, 2.24) is 0 Å². The maximum Gasteiger partial charge on any atom is 0.242 e. The minimum absolute atomic E-state index is 0.00162. The molecule has 3 rings (SSSR count). The summed E-state index contributed by atoms with van der Waals surface area (Å²) in [5.41, 5.74) is 2.99. The number of nitro groups is 1. The zero-order valence-corrected chi connectivity index (χ0v) is 11.9. The maximum absolute atomic E-state index is 11.0. The molecule has 0 heterocycles. The molecule has 2 aliphatic rings. The summed E-state index contributed by atoms with van der Waals surface area (Å²) in [5, 5.41) is 11.0. The van der Waals surface area contributed by atoms with Crippen molar-refractivity contribution in [3.05, 3.63) is 51.2 Å². The van der Waals surface area contributed by atoms with E-state index in [9.17, 15) is 10.1 Å². The van der Waals surface area contributed by atoms with E-state index in [0.29, 0.717) is 12.1 Å². The third-order valence-corrected chi connectivity index (χ3v) is 5.02. The van der Waals surface area contributed by atoms with E-state index in [1.54, 1.807) is 7.11 Å². The van der Waals surface area contributed by atoms with Gasteiger partial charge in [0.2, 0.25) is 5.70 Å². The summed E-state index contributed by atoms with van der Waals surface area (Å²) in [7, 11) is 1.70. The van der Waals surface area contributed by atoms with Crippen molar-refractivity contribution in [2.45, 2.75) is 38.0 Å². The zero-order chi connectivity index (χ0) is 14.3. The van der Waals surface area contributed by atoms with Gasteiger partial charge in [-0.25, -0.2) is 0 Å². The molecule has 0 aromatic heterocycles. The fraction of sp³-hybridized carbons (Fsp3) is 0.500. The fourth-order valence-corrected chi connectivity index (χ4v) is 3.81. The van der Waals surface area contributed by atoms with Crippen molar-refractivity contribution in [3.8, 4) is 5.75 Å². The molecule has 0 bridgehead atoms. The number of hydrogen-bond acceptors (Lipinski definition) is 3. The second kappa shape index (κ2) is 4.62. The average molecular weight is 273 g/mol. The maximum atomic E-state index is 11.0. The van der Waals surface area contributed by atoms with Crippen LogP contribution in [0.5, 0.6) is 5.75 Å². The third-order valence-electron chi connectivity index (χ3n) is 5.02. The number of benzene rings is 1. The van der Waals surface area contributed by atoms with Crippen LogP contribution in [-0.2, 0) is 11.8 Å².